The summed E-state index contributed by atoms with van der Waals surface area (Å²) in [6.45, 7) is 4.09. The number of methoxy groups -OCH3 is 1. The van der Waals surface area contributed by atoms with Crippen LogP contribution in [-0.4, -0.2) is 17.1 Å². The van der Waals surface area contributed by atoms with Crippen LogP contribution in [0.5, 0.6) is 5.75 Å². The van der Waals surface area contributed by atoms with Gasteiger partial charge in [0, 0.05) is 11.1 Å². The molecule has 0 aliphatic rings. The van der Waals surface area contributed by atoms with Crippen LogP contribution >= 0.6 is 0 Å². The van der Waals surface area contributed by atoms with Crippen molar-refractivity contribution in [2.24, 2.45) is 0 Å². The number of rotatable bonds is 3. The van der Waals surface area contributed by atoms with Crippen molar-refractivity contribution in [3.05, 3.63) is 35.7 Å². The summed E-state index contributed by atoms with van der Waals surface area (Å²) in [6, 6.07) is 5.93. The molecule has 0 aliphatic heterocycles. The number of nitrogens with two attached hydrogens (primary N) is 1. The molecule has 0 unspecified atom stereocenters. The van der Waals surface area contributed by atoms with Crippen LogP contribution in [0.1, 0.15) is 18.1 Å². The second kappa shape index (κ2) is 5.04. The molecule has 2 N–H and O–H groups in total. The van der Waals surface area contributed by atoms with Gasteiger partial charge >= 0.3 is 0 Å². The minimum atomic E-state index is 0.553. The van der Waals surface area contributed by atoms with Gasteiger partial charge in [0.2, 0.25) is 0 Å². The van der Waals surface area contributed by atoms with E-state index in [2.05, 4.69) is 16.9 Å². The normalized spacial score (nSPS) is 10.4. The zero-order valence-electron chi connectivity index (χ0n) is 10.9. The zero-order valence-corrected chi connectivity index (χ0v) is 10.9. The molecule has 0 fully saturated rings. The van der Waals surface area contributed by atoms with Gasteiger partial charge in [0.25, 0.3) is 0 Å². The molecule has 2 aromatic rings. The SMILES string of the molecule is CCc1c(N)ncnc1-c1ccc(OC)cc1C. The van der Waals surface area contributed by atoms with Crippen molar-refractivity contribution in [3.8, 4) is 17.0 Å². The minimum Gasteiger partial charge on any atom is -0.497 e. The van der Waals surface area contributed by atoms with Crippen LogP contribution in [-0.2, 0) is 6.42 Å². The molecule has 1 aromatic carbocycles. The van der Waals surface area contributed by atoms with E-state index in [0.29, 0.717) is 5.82 Å². The average Bonchev–Trinajstić information content (AvgIpc) is 2.38. The Hall–Kier alpha value is -2.10. The molecule has 1 aromatic heterocycles. The Balaban J connectivity index is 2.58. The van der Waals surface area contributed by atoms with Crippen molar-refractivity contribution >= 4 is 5.82 Å². The fraction of sp³-hybridized carbons (Fsp3) is 0.286. The third kappa shape index (κ3) is 2.14. The van der Waals surface area contributed by atoms with E-state index in [-0.39, 0.29) is 0 Å². The molecule has 0 aliphatic carbocycles. The van der Waals surface area contributed by atoms with E-state index >= 15 is 0 Å². The summed E-state index contributed by atoms with van der Waals surface area (Å²) >= 11 is 0. The molecule has 94 valence electrons. The lowest BCUT2D eigenvalue weighted by molar-refractivity contribution is 0.414. The molecule has 0 spiro atoms. The highest BCUT2D eigenvalue weighted by Crippen LogP contribution is 2.29. The maximum Gasteiger partial charge on any atom is 0.130 e. The predicted octanol–water partition coefficient (Wildman–Crippen LogP) is 2.61. The highest BCUT2D eigenvalue weighted by molar-refractivity contribution is 5.70. The molecule has 2 rings (SSSR count). The van der Waals surface area contributed by atoms with E-state index < -0.39 is 0 Å². The number of nitrogens with zero attached hydrogens (tertiary/aromatic N) is 2. The van der Waals surface area contributed by atoms with Gasteiger partial charge < -0.3 is 10.5 Å². The summed E-state index contributed by atoms with van der Waals surface area (Å²) < 4.78 is 5.21. The second-order valence-electron chi connectivity index (χ2n) is 4.12. The molecule has 0 radical (unpaired) electrons. The van der Waals surface area contributed by atoms with E-state index in [1.165, 1.54) is 6.33 Å². The molecule has 0 saturated heterocycles. The van der Waals surface area contributed by atoms with Gasteiger partial charge in [-0.05, 0) is 37.1 Å². The molecule has 0 atom stereocenters. The molecule has 18 heavy (non-hydrogen) atoms. The largest absolute Gasteiger partial charge is 0.497 e. The summed E-state index contributed by atoms with van der Waals surface area (Å²) in [7, 11) is 1.66. The Bertz CT molecular complexity index is 567. The first-order chi connectivity index (χ1) is 8.67. The van der Waals surface area contributed by atoms with Crippen molar-refractivity contribution in [3.63, 3.8) is 0 Å². The van der Waals surface area contributed by atoms with Crippen LogP contribution < -0.4 is 10.5 Å². The van der Waals surface area contributed by atoms with E-state index in [4.69, 9.17) is 10.5 Å². The Morgan fingerprint density at radius 2 is 2.06 bits per heavy atom. The monoisotopic (exact) mass is 243 g/mol. The van der Waals surface area contributed by atoms with E-state index in [0.717, 1.165) is 34.6 Å². The van der Waals surface area contributed by atoms with Crippen LogP contribution in [0, 0.1) is 6.92 Å². The zero-order chi connectivity index (χ0) is 13.1. The molecule has 4 heteroatoms. The lowest BCUT2D eigenvalue weighted by Gasteiger charge is -2.12. The number of hydrogen-bond donors (Lipinski definition) is 1. The van der Waals surface area contributed by atoms with Gasteiger partial charge in [0.1, 0.15) is 17.9 Å². The van der Waals surface area contributed by atoms with Gasteiger partial charge in [-0.15, -0.1) is 0 Å². The molecule has 0 amide bonds. The minimum absolute atomic E-state index is 0.553. The number of nitrogen functional groups attached to an aromatic ring is 1. The summed E-state index contributed by atoms with van der Waals surface area (Å²) in [4.78, 5) is 8.41. The summed E-state index contributed by atoms with van der Waals surface area (Å²) in [5, 5.41) is 0. The fourth-order valence-electron chi connectivity index (χ4n) is 2.04. The Labute approximate surface area is 107 Å². The van der Waals surface area contributed by atoms with E-state index in [9.17, 15) is 0 Å². The van der Waals surface area contributed by atoms with Crippen molar-refractivity contribution < 1.29 is 4.74 Å². The van der Waals surface area contributed by atoms with Crippen molar-refractivity contribution in [2.45, 2.75) is 20.3 Å². The number of benzene rings is 1. The highest BCUT2D eigenvalue weighted by atomic mass is 16.5. The predicted molar refractivity (Wildman–Crippen MR) is 72.5 cm³/mol. The Morgan fingerprint density at radius 3 is 2.67 bits per heavy atom. The second-order valence-corrected chi connectivity index (χ2v) is 4.12. The lowest BCUT2D eigenvalue weighted by Crippen LogP contribution is -2.02. The smallest absolute Gasteiger partial charge is 0.130 e. The molecule has 4 nitrogen and oxygen atoms in total. The van der Waals surface area contributed by atoms with Crippen LogP contribution in [0.2, 0.25) is 0 Å². The number of ether oxygens (including phenoxy) is 1. The lowest BCUT2D eigenvalue weighted by atomic mass is 10.00. The Kier molecular flexibility index (Phi) is 3.46. The highest BCUT2D eigenvalue weighted by Gasteiger charge is 2.12. The first-order valence-corrected chi connectivity index (χ1v) is 5.91. The van der Waals surface area contributed by atoms with Gasteiger partial charge in [0.15, 0.2) is 0 Å². The van der Waals surface area contributed by atoms with Crippen molar-refractivity contribution in [2.75, 3.05) is 12.8 Å². The fourth-order valence-corrected chi connectivity index (χ4v) is 2.04. The van der Waals surface area contributed by atoms with Crippen LogP contribution in [0.25, 0.3) is 11.3 Å². The number of hydrogen-bond acceptors (Lipinski definition) is 4. The maximum atomic E-state index is 5.90. The topological polar surface area (TPSA) is 61.0 Å². The molecule has 0 saturated carbocycles. The maximum absolute atomic E-state index is 5.90. The summed E-state index contributed by atoms with van der Waals surface area (Å²) in [5.74, 6) is 1.40. The number of aryl methyl sites for hydroxylation is 1. The number of anilines is 1. The van der Waals surface area contributed by atoms with Crippen molar-refractivity contribution in [1.82, 2.24) is 9.97 Å². The average molecular weight is 243 g/mol. The van der Waals surface area contributed by atoms with Crippen LogP contribution in [0.15, 0.2) is 24.5 Å². The van der Waals surface area contributed by atoms with Crippen molar-refractivity contribution in [1.29, 1.82) is 0 Å². The molecular formula is C14H17N3O. The van der Waals surface area contributed by atoms with E-state index in [1.54, 1.807) is 7.11 Å². The van der Waals surface area contributed by atoms with Crippen LogP contribution in [0.4, 0.5) is 5.82 Å². The van der Waals surface area contributed by atoms with E-state index in [1.807, 2.05) is 25.1 Å². The molecule has 0 bridgehead atoms. The summed E-state index contributed by atoms with van der Waals surface area (Å²) in [6.07, 6.45) is 2.32. The van der Waals surface area contributed by atoms with Gasteiger partial charge in [-0.25, -0.2) is 9.97 Å². The van der Waals surface area contributed by atoms with Gasteiger partial charge in [-0.1, -0.05) is 6.92 Å². The quantitative estimate of drug-likeness (QED) is 0.900. The third-order valence-electron chi connectivity index (χ3n) is 3.02. The Morgan fingerprint density at radius 1 is 1.28 bits per heavy atom. The number of aromatic nitrogens is 2. The standard InChI is InChI=1S/C14H17N3O/c1-4-11-13(16-8-17-14(11)15)12-6-5-10(18-3)7-9(12)2/h5-8H,4H2,1-3H3,(H2,15,16,17). The first kappa shape index (κ1) is 12.4. The van der Waals surface area contributed by atoms with Gasteiger partial charge in [-0.2, -0.15) is 0 Å². The van der Waals surface area contributed by atoms with Gasteiger partial charge in [-0.3, -0.25) is 0 Å². The van der Waals surface area contributed by atoms with Gasteiger partial charge in [0.05, 0.1) is 12.8 Å². The van der Waals surface area contributed by atoms with Crippen LogP contribution in [0.3, 0.4) is 0 Å². The molecular weight excluding hydrogens is 226 g/mol. The first-order valence-electron chi connectivity index (χ1n) is 5.91. The molecule has 1 heterocycles. The summed E-state index contributed by atoms with van der Waals surface area (Å²) in [5.41, 5.74) is 9.98. The third-order valence-corrected chi connectivity index (χ3v) is 3.02.